The van der Waals surface area contributed by atoms with E-state index in [-0.39, 0.29) is 25.5 Å². The van der Waals surface area contributed by atoms with Crippen LogP contribution in [0.25, 0.3) is 11.1 Å². The monoisotopic (exact) mass is 711 g/mol. The summed E-state index contributed by atoms with van der Waals surface area (Å²) in [6, 6.07) is 33.5. The van der Waals surface area contributed by atoms with Crippen molar-refractivity contribution in [3.05, 3.63) is 124 Å². The van der Waals surface area contributed by atoms with Gasteiger partial charge in [0.2, 0.25) is 5.90 Å². The Balaban J connectivity index is 1.37. The van der Waals surface area contributed by atoms with E-state index in [1.54, 1.807) is 0 Å². The smallest absolute Gasteiger partial charge is 0.266 e. The largest absolute Gasteiger partial charge is 0.494 e. The molecule has 2 atom stereocenters. The fourth-order valence-electron chi connectivity index (χ4n) is 6.48. The summed E-state index contributed by atoms with van der Waals surface area (Å²) >= 11 is 3.69. The second-order valence-corrected chi connectivity index (χ2v) is 13.5. The topological polar surface area (TPSA) is 112 Å². The van der Waals surface area contributed by atoms with Gasteiger partial charge in [0.25, 0.3) is 5.91 Å². The van der Waals surface area contributed by atoms with E-state index >= 15 is 0 Å². The minimum absolute atomic E-state index is 0.0618. The van der Waals surface area contributed by atoms with Gasteiger partial charge in [-0.2, -0.15) is 0 Å². The van der Waals surface area contributed by atoms with Gasteiger partial charge in [0.05, 0.1) is 12.2 Å². The second kappa shape index (κ2) is 15.5. The third-order valence-electron chi connectivity index (χ3n) is 9.17. The molecular formula is C39H42BrN3O5. The normalized spacial score (nSPS) is 20.1. The number of rotatable bonds is 13. The van der Waals surface area contributed by atoms with Crippen molar-refractivity contribution in [3.63, 3.8) is 0 Å². The minimum atomic E-state index is -1.40. The number of halogens is 1. The summed E-state index contributed by atoms with van der Waals surface area (Å²) in [4.78, 5) is 19.7. The third kappa shape index (κ3) is 7.81. The molecule has 2 aliphatic rings. The Labute approximate surface area is 290 Å². The lowest BCUT2D eigenvalue weighted by Gasteiger charge is -2.34. The summed E-state index contributed by atoms with van der Waals surface area (Å²) in [5.41, 5.74) is 8.31. The van der Waals surface area contributed by atoms with Crippen molar-refractivity contribution < 1.29 is 24.5 Å². The van der Waals surface area contributed by atoms with Gasteiger partial charge in [-0.1, -0.05) is 108 Å². The number of benzene rings is 4. The van der Waals surface area contributed by atoms with Gasteiger partial charge in [-0.3, -0.25) is 10.2 Å². The number of hydrogen-bond donors (Lipinski definition) is 4. The van der Waals surface area contributed by atoms with E-state index in [0.717, 1.165) is 46.0 Å². The number of hydrogen-bond acceptors (Lipinski definition) is 7. The molecule has 4 aromatic carbocycles. The Bertz CT molecular complexity index is 1690. The van der Waals surface area contributed by atoms with Crippen molar-refractivity contribution in [2.75, 3.05) is 19.8 Å². The van der Waals surface area contributed by atoms with Crippen LogP contribution in [-0.2, 0) is 16.0 Å². The molecule has 1 fully saturated rings. The predicted octanol–water partition coefficient (Wildman–Crippen LogP) is 6.69. The molecule has 0 unspecified atom stereocenters. The molecule has 1 aliphatic heterocycles. The first-order chi connectivity index (χ1) is 23.4. The zero-order chi connectivity index (χ0) is 33.4. The highest BCUT2D eigenvalue weighted by molar-refractivity contribution is 9.10. The highest BCUT2D eigenvalue weighted by Crippen LogP contribution is 2.44. The molecule has 48 heavy (non-hydrogen) atoms. The van der Waals surface area contributed by atoms with Crippen molar-refractivity contribution in [2.24, 2.45) is 4.99 Å². The Hall–Kier alpha value is -4.02. The molecule has 6 rings (SSSR count). The van der Waals surface area contributed by atoms with Crippen LogP contribution < -0.4 is 15.6 Å². The number of aliphatic hydroxyl groups is 2. The van der Waals surface area contributed by atoms with E-state index in [1.807, 2.05) is 91.0 Å². The maximum Gasteiger partial charge on any atom is 0.266 e. The number of nitrogens with one attached hydrogen (secondary N) is 2. The summed E-state index contributed by atoms with van der Waals surface area (Å²) in [6.45, 7) is 0.716. The van der Waals surface area contributed by atoms with Crippen LogP contribution in [0.2, 0.25) is 0 Å². The van der Waals surface area contributed by atoms with E-state index in [1.165, 1.54) is 0 Å². The highest BCUT2D eigenvalue weighted by Gasteiger charge is 2.53. The van der Waals surface area contributed by atoms with E-state index < -0.39 is 17.2 Å². The fraction of sp³-hybridized carbons (Fsp3) is 0.333. The van der Waals surface area contributed by atoms with Gasteiger partial charge in [-0.25, -0.2) is 10.4 Å². The van der Waals surface area contributed by atoms with E-state index in [9.17, 15) is 9.90 Å². The quantitative estimate of drug-likeness (QED) is 0.0908. The van der Waals surface area contributed by atoms with Crippen molar-refractivity contribution >= 4 is 27.7 Å². The molecule has 8 nitrogen and oxygen atoms in total. The Morgan fingerprint density at radius 1 is 0.875 bits per heavy atom. The van der Waals surface area contributed by atoms with Crippen LogP contribution in [0.1, 0.15) is 61.3 Å². The van der Waals surface area contributed by atoms with Gasteiger partial charge < -0.3 is 19.7 Å². The number of aliphatic hydroxyl groups excluding tert-OH is 1. The van der Waals surface area contributed by atoms with Gasteiger partial charge in [0.15, 0.2) is 11.6 Å². The molecule has 4 N–H and O–H groups in total. The molecule has 9 heteroatoms. The van der Waals surface area contributed by atoms with Gasteiger partial charge in [0.1, 0.15) is 5.75 Å². The number of carbonyl (C=O) groups excluding carboxylic acids is 1. The predicted molar refractivity (Wildman–Crippen MR) is 191 cm³/mol. The molecule has 0 radical (unpaired) electrons. The molecule has 4 aromatic rings. The van der Waals surface area contributed by atoms with E-state index in [4.69, 9.17) is 19.6 Å². The molecule has 1 heterocycles. The second-order valence-electron chi connectivity index (χ2n) is 12.6. The molecule has 0 aromatic heterocycles. The third-order valence-corrected chi connectivity index (χ3v) is 9.95. The number of aliphatic imine (C=N–C) groups is 1. The highest BCUT2D eigenvalue weighted by atomic mass is 79.9. The molecule has 1 amide bonds. The molecule has 1 aliphatic carbocycles. The lowest BCUT2D eigenvalue weighted by Crippen LogP contribution is -2.56. The first-order valence-corrected chi connectivity index (χ1v) is 17.4. The molecule has 0 spiro atoms. The van der Waals surface area contributed by atoms with Gasteiger partial charge in [-0.15, -0.1) is 0 Å². The molecule has 0 saturated heterocycles. The van der Waals surface area contributed by atoms with Crippen LogP contribution in [-0.4, -0.2) is 52.9 Å². The van der Waals surface area contributed by atoms with E-state index in [2.05, 4.69) is 38.9 Å². The van der Waals surface area contributed by atoms with Crippen molar-refractivity contribution in [1.82, 2.24) is 10.9 Å². The fourth-order valence-corrected chi connectivity index (χ4v) is 6.90. The van der Waals surface area contributed by atoms with Crippen LogP contribution in [0.4, 0.5) is 0 Å². The SMILES string of the molecule is O=C(NNCC1(O)CCCCC1)[C@@]1(Cc2ccccc2Br)N=C(c2ccc(OCCCO)cc2)O[C@H]1c1ccc(-c2ccccc2)cc1. The minimum Gasteiger partial charge on any atom is -0.494 e. The maximum absolute atomic E-state index is 14.6. The molecule has 1 saturated carbocycles. The number of amides is 1. The Kier molecular flexibility index (Phi) is 10.9. The average Bonchev–Trinajstić information content (AvgIpc) is 3.51. The average molecular weight is 713 g/mol. The maximum atomic E-state index is 14.6. The van der Waals surface area contributed by atoms with E-state index in [0.29, 0.717) is 43.1 Å². The number of nitrogens with zero attached hydrogens (tertiary/aromatic N) is 1. The zero-order valence-corrected chi connectivity index (χ0v) is 28.5. The zero-order valence-electron chi connectivity index (χ0n) is 26.9. The Morgan fingerprint density at radius 3 is 2.25 bits per heavy atom. The van der Waals surface area contributed by atoms with Crippen molar-refractivity contribution in [3.8, 4) is 16.9 Å². The lowest BCUT2D eigenvalue weighted by atomic mass is 9.81. The summed E-state index contributed by atoms with van der Waals surface area (Å²) in [5, 5.41) is 20.2. The van der Waals surface area contributed by atoms with Gasteiger partial charge in [0, 0.05) is 36.0 Å². The van der Waals surface area contributed by atoms with Crippen molar-refractivity contribution in [2.45, 2.75) is 62.2 Å². The van der Waals surface area contributed by atoms with Crippen LogP contribution in [0.15, 0.2) is 113 Å². The van der Waals surface area contributed by atoms with Crippen LogP contribution in [0.3, 0.4) is 0 Å². The summed E-state index contributed by atoms with van der Waals surface area (Å²) in [6.07, 6.45) is 4.46. The summed E-state index contributed by atoms with van der Waals surface area (Å²) in [5.74, 6) is 0.664. The molecule has 0 bridgehead atoms. The number of hydrazine groups is 1. The van der Waals surface area contributed by atoms with Gasteiger partial charge >= 0.3 is 0 Å². The van der Waals surface area contributed by atoms with Gasteiger partial charge in [-0.05, 0) is 65.4 Å². The van der Waals surface area contributed by atoms with Crippen LogP contribution in [0, 0.1) is 0 Å². The first kappa shape index (κ1) is 33.9. The molecular weight excluding hydrogens is 670 g/mol. The lowest BCUT2D eigenvalue weighted by molar-refractivity contribution is -0.130. The van der Waals surface area contributed by atoms with Crippen LogP contribution in [0.5, 0.6) is 5.75 Å². The number of ether oxygens (including phenoxy) is 2. The van der Waals surface area contributed by atoms with Crippen molar-refractivity contribution in [1.29, 1.82) is 0 Å². The number of carbonyl (C=O) groups is 1. The summed E-state index contributed by atoms with van der Waals surface area (Å²) < 4.78 is 13.3. The molecule has 250 valence electrons. The summed E-state index contributed by atoms with van der Waals surface area (Å²) in [7, 11) is 0. The standard InChI is InChI=1S/C39H42BrN3O5/c40-34-13-6-5-12-32(34)26-39(37(45)43-41-27-38(46)22-7-2-8-23-38)35(30-16-14-29(15-17-30)28-10-3-1-4-11-28)48-36(42-39)31-18-20-33(21-19-31)47-25-9-24-44/h1,3-6,10-21,35,41,44,46H,2,7-9,22-27H2,(H,43,45)/t35-,39-/m0/s1. The van der Waals surface area contributed by atoms with Crippen LogP contribution >= 0.6 is 15.9 Å². The Morgan fingerprint density at radius 2 is 1.54 bits per heavy atom. The first-order valence-electron chi connectivity index (χ1n) is 16.6.